The normalized spacial score (nSPS) is 18.4. The number of carbonyl (C=O) groups is 1. The van der Waals surface area contributed by atoms with Crippen LogP contribution in [-0.4, -0.2) is 63.7 Å². The quantitative estimate of drug-likeness (QED) is 0.470. The molecule has 3 aromatic rings. The van der Waals surface area contributed by atoms with E-state index < -0.39 is 0 Å². The van der Waals surface area contributed by atoms with E-state index in [-0.39, 0.29) is 23.3 Å². The van der Waals surface area contributed by atoms with Gasteiger partial charge in [-0.3, -0.25) is 19.7 Å². The number of fused-ring (bicyclic) bond motifs is 1. The molecule has 6 nitrogen and oxygen atoms in total. The zero-order chi connectivity index (χ0) is 26.2. The van der Waals surface area contributed by atoms with E-state index in [1.807, 2.05) is 25.1 Å². The molecule has 2 aromatic carbocycles. The third-order valence-electron chi connectivity index (χ3n) is 8.13. The summed E-state index contributed by atoms with van der Waals surface area (Å²) in [7, 11) is 0. The van der Waals surface area contributed by atoms with Gasteiger partial charge in [-0.2, -0.15) is 5.10 Å². The van der Waals surface area contributed by atoms with Crippen molar-refractivity contribution in [2.24, 2.45) is 0 Å². The summed E-state index contributed by atoms with van der Waals surface area (Å²) < 4.78 is 15.0. The molecule has 0 aliphatic carbocycles. The molecule has 2 saturated heterocycles. The highest BCUT2D eigenvalue weighted by atomic mass is 19.1. The first kappa shape index (κ1) is 25.9. The van der Waals surface area contributed by atoms with Gasteiger partial charge in [0.15, 0.2) is 5.69 Å². The highest BCUT2D eigenvalue weighted by Crippen LogP contribution is 2.31. The number of halogens is 1. The fraction of sp³-hybridized carbons (Fsp3) is 0.533. The smallest absolute Gasteiger partial charge is 0.272 e. The second-order valence-electron chi connectivity index (χ2n) is 11.8. The summed E-state index contributed by atoms with van der Waals surface area (Å²) in [6, 6.07) is 9.82. The number of nitrogens with one attached hydrogen (secondary N) is 2. The van der Waals surface area contributed by atoms with Crippen LogP contribution < -0.4 is 5.32 Å². The van der Waals surface area contributed by atoms with E-state index in [0.717, 1.165) is 73.2 Å². The maximum absolute atomic E-state index is 15.0. The number of likely N-dealkylation sites (tertiary alicyclic amines) is 2. The van der Waals surface area contributed by atoms with Crippen molar-refractivity contribution in [3.63, 3.8) is 0 Å². The molecule has 1 aromatic heterocycles. The molecule has 0 spiro atoms. The van der Waals surface area contributed by atoms with Crippen molar-refractivity contribution in [1.29, 1.82) is 0 Å². The molecule has 37 heavy (non-hydrogen) atoms. The Labute approximate surface area is 219 Å². The van der Waals surface area contributed by atoms with E-state index >= 15 is 0 Å². The fourth-order valence-corrected chi connectivity index (χ4v) is 5.80. The van der Waals surface area contributed by atoms with Crippen molar-refractivity contribution in [3.05, 3.63) is 53.0 Å². The lowest BCUT2D eigenvalue weighted by Crippen LogP contribution is -2.50. The molecule has 7 heteroatoms. The van der Waals surface area contributed by atoms with Crippen molar-refractivity contribution >= 4 is 16.8 Å². The Hall–Kier alpha value is -2.77. The summed E-state index contributed by atoms with van der Waals surface area (Å²) >= 11 is 0. The summed E-state index contributed by atoms with van der Waals surface area (Å²) in [6.45, 7) is 13.4. The van der Waals surface area contributed by atoms with Crippen molar-refractivity contribution in [1.82, 2.24) is 25.3 Å². The zero-order valence-electron chi connectivity index (χ0n) is 22.7. The number of hydrogen-bond donors (Lipinski definition) is 2. The minimum atomic E-state index is -0.184. The van der Waals surface area contributed by atoms with Crippen molar-refractivity contribution in [3.8, 4) is 11.1 Å². The Kier molecular flexibility index (Phi) is 7.37. The number of nitrogens with zero attached hydrogens (tertiary/aromatic N) is 3. The second kappa shape index (κ2) is 10.5. The first-order valence-electron chi connectivity index (χ1n) is 13.7. The summed E-state index contributed by atoms with van der Waals surface area (Å²) in [5.74, 6) is -0.337. The van der Waals surface area contributed by atoms with Crippen LogP contribution in [0, 0.1) is 12.7 Å². The molecule has 2 fully saturated rings. The third kappa shape index (κ3) is 5.73. The van der Waals surface area contributed by atoms with Gasteiger partial charge < -0.3 is 5.32 Å². The molecule has 2 aliphatic heterocycles. The molecule has 198 valence electrons. The van der Waals surface area contributed by atoms with Gasteiger partial charge in [0, 0.05) is 36.6 Å². The molecule has 0 atom stereocenters. The Balaban J connectivity index is 1.36. The average molecular weight is 506 g/mol. The molecule has 0 radical (unpaired) electrons. The SMILES string of the molecule is Cc1c(F)cc(CN2CCCCC2)cc1-c1ccc2[nH]nc(C(=O)NC3CCN(C(C)(C)C)CC3)c2c1. The van der Waals surface area contributed by atoms with E-state index in [4.69, 9.17) is 0 Å². The van der Waals surface area contributed by atoms with Crippen LogP contribution in [-0.2, 0) is 6.54 Å². The number of rotatable bonds is 5. The molecular formula is C30H40FN5O. The van der Waals surface area contributed by atoms with E-state index in [2.05, 4.69) is 52.2 Å². The highest BCUT2D eigenvalue weighted by molar-refractivity contribution is 6.05. The maximum Gasteiger partial charge on any atom is 0.272 e. The maximum atomic E-state index is 15.0. The van der Waals surface area contributed by atoms with Crippen molar-refractivity contribution < 1.29 is 9.18 Å². The number of H-pyrrole nitrogens is 1. The number of aromatic nitrogens is 2. The van der Waals surface area contributed by atoms with Crippen LogP contribution in [0.4, 0.5) is 4.39 Å². The number of hydrogen-bond acceptors (Lipinski definition) is 4. The van der Waals surface area contributed by atoms with E-state index in [9.17, 15) is 9.18 Å². The highest BCUT2D eigenvalue weighted by Gasteiger charge is 2.28. The molecular weight excluding hydrogens is 465 g/mol. The number of benzene rings is 2. The fourth-order valence-electron chi connectivity index (χ4n) is 5.80. The first-order chi connectivity index (χ1) is 17.7. The van der Waals surface area contributed by atoms with Crippen LogP contribution in [0.3, 0.4) is 0 Å². The number of aromatic amines is 1. The molecule has 0 bridgehead atoms. The molecule has 2 N–H and O–H groups in total. The van der Waals surface area contributed by atoms with Crippen LogP contribution in [0.15, 0.2) is 30.3 Å². The van der Waals surface area contributed by atoms with Crippen molar-refractivity contribution in [2.45, 2.75) is 77.9 Å². The summed E-state index contributed by atoms with van der Waals surface area (Å²) in [5, 5.41) is 11.3. The lowest BCUT2D eigenvalue weighted by molar-refractivity contribution is 0.0810. The summed E-state index contributed by atoms with van der Waals surface area (Å²) in [6.07, 6.45) is 5.55. The minimum absolute atomic E-state index is 0.142. The van der Waals surface area contributed by atoms with Gasteiger partial charge in [0.1, 0.15) is 5.82 Å². The van der Waals surface area contributed by atoms with Gasteiger partial charge in [0.2, 0.25) is 0 Å². The number of carbonyl (C=O) groups excluding carboxylic acids is 1. The standard InChI is InChI=1S/C30H40FN5O/c1-20-24(16-21(17-26(20)31)19-35-12-6-5-7-13-35)22-8-9-27-25(18-22)28(34-33-27)29(37)32-23-10-14-36(15-11-23)30(2,3)4/h8-9,16-18,23H,5-7,10-15,19H2,1-4H3,(H,32,37)(H,33,34). The van der Waals surface area contributed by atoms with Crippen LogP contribution in [0.5, 0.6) is 0 Å². The van der Waals surface area contributed by atoms with Gasteiger partial charge in [-0.1, -0.05) is 12.5 Å². The largest absolute Gasteiger partial charge is 0.348 e. The Bertz CT molecular complexity index is 1260. The van der Waals surface area contributed by atoms with E-state index in [1.165, 1.54) is 19.3 Å². The second-order valence-corrected chi connectivity index (χ2v) is 11.8. The van der Waals surface area contributed by atoms with E-state index in [0.29, 0.717) is 11.3 Å². The topological polar surface area (TPSA) is 64.3 Å². The third-order valence-corrected chi connectivity index (χ3v) is 8.13. The monoisotopic (exact) mass is 505 g/mol. The number of amides is 1. The Morgan fingerprint density at radius 1 is 1.08 bits per heavy atom. The van der Waals surface area contributed by atoms with E-state index in [1.54, 1.807) is 6.07 Å². The van der Waals surface area contributed by atoms with Gasteiger partial charge in [0.25, 0.3) is 5.91 Å². The van der Waals surface area contributed by atoms with Gasteiger partial charge in [-0.25, -0.2) is 4.39 Å². The Morgan fingerprint density at radius 2 is 1.81 bits per heavy atom. The zero-order valence-corrected chi connectivity index (χ0v) is 22.7. The lowest BCUT2D eigenvalue weighted by atomic mass is 9.95. The average Bonchev–Trinajstić information content (AvgIpc) is 3.30. The molecule has 2 aliphatic rings. The van der Waals surface area contributed by atoms with Gasteiger partial charge in [-0.15, -0.1) is 0 Å². The number of piperidine rings is 2. The first-order valence-corrected chi connectivity index (χ1v) is 13.7. The van der Waals surface area contributed by atoms with Crippen molar-refractivity contribution in [2.75, 3.05) is 26.2 Å². The minimum Gasteiger partial charge on any atom is -0.348 e. The predicted octanol–water partition coefficient (Wildman–Crippen LogP) is 5.66. The molecule has 0 saturated carbocycles. The van der Waals surface area contributed by atoms with Gasteiger partial charge in [0.05, 0.1) is 5.52 Å². The lowest BCUT2D eigenvalue weighted by Gasteiger charge is -2.40. The van der Waals surface area contributed by atoms with Gasteiger partial charge in [-0.05, 0) is 113 Å². The van der Waals surface area contributed by atoms with Crippen LogP contribution >= 0.6 is 0 Å². The van der Waals surface area contributed by atoms with Crippen LogP contribution in [0.2, 0.25) is 0 Å². The predicted molar refractivity (Wildman–Crippen MR) is 147 cm³/mol. The Morgan fingerprint density at radius 3 is 2.51 bits per heavy atom. The molecule has 1 amide bonds. The molecule has 5 rings (SSSR count). The van der Waals surface area contributed by atoms with Crippen LogP contribution in [0.1, 0.15) is 74.5 Å². The molecule has 3 heterocycles. The summed E-state index contributed by atoms with van der Waals surface area (Å²) in [5.41, 5.74) is 4.74. The molecule has 0 unspecified atom stereocenters. The van der Waals surface area contributed by atoms with Crippen LogP contribution in [0.25, 0.3) is 22.0 Å². The summed E-state index contributed by atoms with van der Waals surface area (Å²) in [4.78, 5) is 18.1. The van der Waals surface area contributed by atoms with Gasteiger partial charge >= 0.3 is 0 Å².